The molecule has 0 aromatic heterocycles. The van der Waals surface area contributed by atoms with Gasteiger partial charge in [0.15, 0.2) is 0 Å². The van der Waals surface area contributed by atoms with Crippen molar-refractivity contribution in [2.45, 2.75) is 6.04 Å². The lowest BCUT2D eigenvalue weighted by Gasteiger charge is -2.34. The summed E-state index contributed by atoms with van der Waals surface area (Å²) < 4.78 is 1.13. The maximum absolute atomic E-state index is 3.57. The molecule has 1 aliphatic heterocycles. The lowest BCUT2D eigenvalue weighted by molar-refractivity contribution is 0.241. The molecule has 0 spiro atoms. The number of nitrogens with one attached hydrogen (secondary N) is 1. The summed E-state index contributed by atoms with van der Waals surface area (Å²) in [4.78, 5) is 4.69. The summed E-state index contributed by atoms with van der Waals surface area (Å²) in [5.41, 5.74) is 1.26. The number of piperazine rings is 1. The van der Waals surface area contributed by atoms with Crippen molar-refractivity contribution in [2.75, 3.05) is 45.2 Å². The van der Waals surface area contributed by atoms with Gasteiger partial charge < -0.3 is 15.1 Å². The van der Waals surface area contributed by atoms with E-state index in [1.54, 1.807) is 0 Å². The van der Waals surface area contributed by atoms with Crippen LogP contribution in [0.4, 0.5) is 5.69 Å². The molecular formula is C13H20BrN3. The van der Waals surface area contributed by atoms with Crippen LogP contribution in [0.3, 0.4) is 0 Å². The highest BCUT2D eigenvalue weighted by atomic mass is 79.9. The lowest BCUT2D eigenvalue weighted by atomic mass is 10.2. The van der Waals surface area contributed by atoms with Gasteiger partial charge in [0, 0.05) is 49.4 Å². The Morgan fingerprint density at radius 1 is 1.53 bits per heavy atom. The van der Waals surface area contributed by atoms with E-state index in [1.165, 1.54) is 5.69 Å². The number of likely N-dealkylation sites (N-methyl/N-ethyl adjacent to an activating group) is 2. The van der Waals surface area contributed by atoms with Gasteiger partial charge in [0.25, 0.3) is 0 Å². The quantitative estimate of drug-likeness (QED) is 0.918. The van der Waals surface area contributed by atoms with Gasteiger partial charge in [-0.2, -0.15) is 0 Å². The fraction of sp³-hybridized carbons (Fsp3) is 0.538. The topological polar surface area (TPSA) is 18.5 Å². The van der Waals surface area contributed by atoms with E-state index in [0.717, 1.165) is 30.7 Å². The molecule has 0 aliphatic carbocycles. The van der Waals surface area contributed by atoms with Gasteiger partial charge in [0.2, 0.25) is 0 Å². The Bertz CT molecular complexity index is 369. The number of nitrogens with zero attached hydrogens (tertiary/aromatic N) is 2. The average Bonchev–Trinajstić information content (AvgIpc) is 2.29. The molecule has 1 saturated heterocycles. The van der Waals surface area contributed by atoms with E-state index in [1.807, 2.05) is 0 Å². The summed E-state index contributed by atoms with van der Waals surface area (Å²) in [6.07, 6.45) is 0. The highest BCUT2D eigenvalue weighted by Crippen LogP contribution is 2.19. The number of rotatable bonds is 3. The molecule has 4 heteroatoms. The summed E-state index contributed by atoms with van der Waals surface area (Å²) in [6.45, 7) is 4.41. The second-order valence-electron chi connectivity index (χ2n) is 4.77. The van der Waals surface area contributed by atoms with E-state index < -0.39 is 0 Å². The first kappa shape index (κ1) is 12.9. The second-order valence-corrected chi connectivity index (χ2v) is 5.69. The molecule has 3 nitrogen and oxygen atoms in total. The minimum Gasteiger partial charge on any atom is -0.373 e. The van der Waals surface area contributed by atoms with E-state index in [-0.39, 0.29) is 0 Å². The molecule has 2 rings (SSSR count). The van der Waals surface area contributed by atoms with E-state index in [4.69, 9.17) is 0 Å². The van der Waals surface area contributed by atoms with Gasteiger partial charge in [-0.3, -0.25) is 0 Å². The summed E-state index contributed by atoms with van der Waals surface area (Å²) in [5.74, 6) is 0. The van der Waals surface area contributed by atoms with Crippen LogP contribution in [-0.2, 0) is 0 Å². The van der Waals surface area contributed by atoms with Crippen molar-refractivity contribution < 1.29 is 0 Å². The van der Waals surface area contributed by atoms with Crippen LogP contribution in [0.15, 0.2) is 28.7 Å². The Balaban J connectivity index is 1.94. The molecule has 17 heavy (non-hydrogen) atoms. The fourth-order valence-electron chi connectivity index (χ4n) is 2.26. The van der Waals surface area contributed by atoms with Crippen molar-refractivity contribution in [3.8, 4) is 0 Å². The average molecular weight is 298 g/mol. The zero-order chi connectivity index (χ0) is 12.3. The summed E-state index contributed by atoms with van der Waals surface area (Å²) in [7, 11) is 4.34. The molecule has 1 aromatic carbocycles. The third-order valence-electron chi connectivity index (χ3n) is 3.20. The molecule has 1 N–H and O–H groups in total. The largest absolute Gasteiger partial charge is 0.373 e. The third-order valence-corrected chi connectivity index (χ3v) is 3.70. The molecule has 1 unspecified atom stereocenters. The molecule has 0 radical (unpaired) electrons. The molecule has 1 aliphatic rings. The highest BCUT2D eigenvalue weighted by Gasteiger charge is 2.17. The van der Waals surface area contributed by atoms with Crippen LogP contribution in [0, 0.1) is 0 Å². The monoisotopic (exact) mass is 297 g/mol. The van der Waals surface area contributed by atoms with Crippen LogP contribution in [0.25, 0.3) is 0 Å². The Morgan fingerprint density at radius 2 is 2.35 bits per heavy atom. The standard InChI is InChI=1S/C13H20BrN3/c1-16-7-6-15-12(9-16)10-17(2)13-5-3-4-11(14)8-13/h3-5,8,12,15H,6-7,9-10H2,1-2H3. The van der Waals surface area contributed by atoms with Crippen LogP contribution in [0.5, 0.6) is 0 Å². The predicted octanol–water partition coefficient (Wildman–Crippen LogP) is 1.79. The molecule has 1 atom stereocenters. The molecule has 94 valence electrons. The van der Waals surface area contributed by atoms with E-state index in [0.29, 0.717) is 6.04 Å². The number of hydrogen-bond acceptors (Lipinski definition) is 3. The van der Waals surface area contributed by atoms with Gasteiger partial charge in [-0.15, -0.1) is 0 Å². The molecule has 1 fully saturated rings. The van der Waals surface area contributed by atoms with Gasteiger partial charge in [-0.05, 0) is 25.2 Å². The van der Waals surface area contributed by atoms with Crippen molar-refractivity contribution in [2.24, 2.45) is 0 Å². The van der Waals surface area contributed by atoms with E-state index >= 15 is 0 Å². The zero-order valence-corrected chi connectivity index (χ0v) is 12.1. The zero-order valence-electron chi connectivity index (χ0n) is 10.5. The Hall–Kier alpha value is -0.580. The van der Waals surface area contributed by atoms with Crippen LogP contribution in [-0.4, -0.2) is 51.2 Å². The van der Waals surface area contributed by atoms with Gasteiger partial charge in [-0.25, -0.2) is 0 Å². The van der Waals surface area contributed by atoms with Crippen molar-refractivity contribution in [1.29, 1.82) is 0 Å². The molecule has 0 bridgehead atoms. The number of halogens is 1. The van der Waals surface area contributed by atoms with Crippen LogP contribution < -0.4 is 10.2 Å². The lowest BCUT2D eigenvalue weighted by Crippen LogP contribution is -2.53. The minimum atomic E-state index is 0.553. The summed E-state index contributed by atoms with van der Waals surface area (Å²) in [5, 5.41) is 3.57. The molecule has 1 aromatic rings. The Kier molecular flexibility index (Phi) is 4.42. The number of hydrogen-bond donors (Lipinski definition) is 1. The second kappa shape index (κ2) is 5.85. The Labute approximate surface area is 112 Å². The number of anilines is 1. The molecule has 0 saturated carbocycles. The smallest absolute Gasteiger partial charge is 0.0375 e. The third kappa shape index (κ3) is 3.69. The van der Waals surface area contributed by atoms with Crippen molar-refractivity contribution in [3.05, 3.63) is 28.7 Å². The summed E-state index contributed by atoms with van der Waals surface area (Å²) in [6, 6.07) is 9.00. The normalized spacial score (nSPS) is 21.5. The van der Waals surface area contributed by atoms with Crippen molar-refractivity contribution in [3.63, 3.8) is 0 Å². The van der Waals surface area contributed by atoms with Gasteiger partial charge >= 0.3 is 0 Å². The SMILES string of the molecule is CN1CCNC(CN(C)c2cccc(Br)c2)C1. The predicted molar refractivity (Wildman–Crippen MR) is 76.7 cm³/mol. The van der Waals surface area contributed by atoms with Gasteiger partial charge in [0.05, 0.1) is 0 Å². The fourth-order valence-corrected chi connectivity index (χ4v) is 2.65. The van der Waals surface area contributed by atoms with Crippen molar-refractivity contribution >= 4 is 21.6 Å². The van der Waals surface area contributed by atoms with E-state index in [9.17, 15) is 0 Å². The molecular weight excluding hydrogens is 278 g/mol. The van der Waals surface area contributed by atoms with Crippen LogP contribution in [0.1, 0.15) is 0 Å². The maximum atomic E-state index is 3.57. The van der Waals surface area contributed by atoms with E-state index in [2.05, 4.69) is 69.4 Å². The van der Waals surface area contributed by atoms with Gasteiger partial charge in [0.1, 0.15) is 0 Å². The highest BCUT2D eigenvalue weighted by molar-refractivity contribution is 9.10. The maximum Gasteiger partial charge on any atom is 0.0375 e. The first-order valence-electron chi connectivity index (χ1n) is 6.04. The minimum absolute atomic E-state index is 0.553. The van der Waals surface area contributed by atoms with Crippen LogP contribution in [0.2, 0.25) is 0 Å². The molecule has 1 heterocycles. The van der Waals surface area contributed by atoms with Crippen LogP contribution >= 0.6 is 15.9 Å². The molecule has 0 amide bonds. The Morgan fingerprint density at radius 3 is 3.06 bits per heavy atom. The number of benzene rings is 1. The first-order chi connectivity index (χ1) is 8.15. The summed E-state index contributed by atoms with van der Waals surface area (Å²) >= 11 is 3.51. The van der Waals surface area contributed by atoms with Gasteiger partial charge in [-0.1, -0.05) is 22.0 Å². The first-order valence-corrected chi connectivity index (χ1v) is 6.83. The van der Waals surface area contributed by atoms with Crippen molar-refractivity contribution in [1.82, 2.24) is 10.2 Å².